The van der Waals surface area contributed by atoms with Crippen LogP contribution in [-0.4, -0.2) is 63.0 Å². The van der Waals surface area contributed by atoms with Crippen LogP contribution >= 0.6 is 24.0 Å². The van der Waals surface area contributed by atoms with Crippen LogP contribution in [0.1, 0.15) is 31.4 Å². The summed E-state index contributed by atoms with van der Waals surface area (Å²) >= 11 is 0. The standard InChI is InChI=1S/C22H34N4O2.HI/c1-22(2)19(18-8-11-28-20(18)22)25-21(23-3)24-14-16-6-4-5-7-17(16)15-26-9-12-27-13-10-26;/h4-7,18-20H,8-15H2,1-3H3,(H2,23,24,25);1H. The molecule has 2 N–H and O–H groups in total. The van der Waals surface area contributed by atoms with Gasteiger partial charge in [0, 0.05) is 57.2 Å². The first-order valence-corrected chi connectivity index (χ1v) is 10.6. The van der Waals surface area contributed by atoms with E-state index in [0.717, 1.165) is 58.4 Å². The molecule has 1 aromatic rings. The molecule has 162 valence electrons. The molecule has 2 heterocycles. The molecular weight excluding hydrogens is 479 g/mol. The van der Waals surface area contributed by atoms with Crippen molar-refractivity contribution in [2.24, 2.45) is 16.3 Å². The zero-order valence-electron chi connectivity index (χ0n) is 17.8. The van der Waals surface area contributed by atoms with Crippen LogP contribution in [0.25, 0.3) is 0 Å². The predicted octanol–water partition coefficient (Wildman–Crippen LogP) is 2.62. The molecule has 2 aliphatic heterocycles. The average Bonchev–Trinajstić information content (AvgIpc) is 3.17. The molecule has 0 spiro atoms. The summed E-state index contributed by atoms with van der Waals surface area (Å²) in [7, 11) is 1.85. The van der Waals surface area contributed by atoms with Crippen LogP contribution in [0.15, 0.2) is 29.3 Å². The van der Waals surface area contributed by atoms with E-state index in [0.29, 0.717) is 18.1 Å². The van der Waals surface area contributed by atoms with Crippen molar-refractivity contribution in [1.29, 1.82) is 0 Å². The van der Waals surface area contributed by atoms with E-state index in [9.17, 15) is 0 Å². The Labute approximate surface area is 191 Å². The summed E-state index contributed by atoms with van der Waals surface area (Å²) in [6.07, 6.45) is 1.53. The highest BCUT2D eigenvalue weighted by Gasteiger charge is 2.59. The van der Waals surface area contributed by atoms with Crippen LogP contribution < -0.4 is 10.6 Å². The van der Waals surface area contributed by atoms with Gasteiger partial charge in [-0.25, -0.2) is 0 Å². The number of nitrogens with one attached hydrogen (secondary N) is 2. The first kappa shape index (κ1) is 22.8. The second kappa shape index (κ2) is 9.94. The van der Waals surface area contributed by atoms with Gasteiger partial charge in [-0.1, -0.05) is 38.1 Å². The van der Waals surface area contributed by atoms with Gasteiger partial charge < -0.3 is 20.1 Å². The third-order valence-electron chi connectivity index (χ3n) is 6.68. The first-order chi connectivity index (χ1) is 13.6. The fourth-order valence-corrected chi connectivity index (χ4v) is 5.02. The minimum absolute atomic E-state index is 0. The third-order valence-corrected chi connectivity index (χ3v) is 6.68. The van der Waals surface area contributed by atoms with Gasteiger partial charge in [0.15, 0.2) is 5.96 Å². The summed E-state index contributed by atoms with van der Waals surface area (Å²) in [6, 6.07) is 9.10. The topological polar surface area (TPSA) is 58.1 Å². The van der Waals surface area contributed by atoms with Crippen LogP contribution in [0.2, 0.25) is 0 Å². The van der Waals surface area contributed by atoms with Gasteiger partial charge in [-0.05, 0) is 17.5 Å². The van der Waals surface area contributed by atoms with Gasteiger partial charge >= 0.3 is 0 Å². The Hall–Kier alpha value is -0.900. The summed E-state index contributed by atoms with van der Waals surface area (Å²) in [5, 5.41) is 7.20. The van der Waals surface area contributed by atoms with Crippen molar-refractivity contribution in [1.82, 2.24) is 15.5 Å². The molecule has 0 bridgehead atoms. The van der Waals surface area contributed by atoms with Crippen molar-refractivity contribution in [3.8, 4) is 0 Å². The Morgan fingerprint density at radius 1 is 1.17 bits per heavy atom. The van der Waals surface area contributed by atoms with Gasteiger partial charge in [-0.3, -0.25) is 9.89 Å². The molecule has 3 unspecified atom stereocenters. The highest BCUT2D eigenvalue weighted by atomic mass is 127. The number of hydrogen-bond donors (Lipinski definition) is 2. The first-order valence-electron chi connectivity index (χ1n) is 10.6. The molecule has 6 nitrogen and oxygen atoms in total. The van der Waals surface area contributed by atoms with Crippen LogP contribution in [0.5, 0.6) is 0 Å². The van der Waals surface area contributed by atoms with Gasteiger partial charge in [-0.2, -0.15) is 0 Å². The van der Waals surface area contributed by atoms with E-state index >= 15 is 0 Å². The molecule has 0 radical (unpaired) electrons. The van der Waals surface area contributed by atoms with Gasteiger partial charge in [0.2, 0.25) is 0 Å². The largest absolute Gasteiger partial charge is 0.379 e. The zero-order valence-corrected chi connectivity index (χ0v) is 20.1. The molecule has 3 aliphatic rings. The van der Waals surface area contributed by atoms with Crippen molar-refractivity contribution in [2.45, 2.75) is 45.5 Å². The number of halogens is 1. The van der Waals surface area contributed by atoms with Crippen molar-refractivity contribution in [2.75, 3.05) is 40.0 Å². The van der Waals surface area contributed by atoms with Crippen molar-refractivity contribution in [3.05, 3.63) is 35.4 Å². The molecular formula is C22H35IN4O2. The number of ether oxygens (including phenoxy) is 2. The Morgan fingerprint density at radius 3 is 2.62 bits per heavy atom. The molecule has 1 saturated carbocycles. The van der Waals surface area contributed by atoms with E-state index in [2.05, 4.69) is 58.6 Å². The molecule has 3 fully saturated rings. The predicted molar refractivity (Wildman–Crippen MR) is 127 cm³/mol. The lowest BCUT2D eigenvalue weighted by molar-refractivity contribution is -0.106. The second-order valence-corrected chi connectivity index (χ2v) is 8.77. The molecule has 1 aromatic carbocycles. The van der Waals surface area contributed by atoms with Crippen LogP contribution in [-0.2, 0) is 22.6 Å². The molecule has 29 heavy (non-hydrogen) atoms. The van der Waals surface area contributed by atoms with Crippen LogP contribution in [0.4, 0.5) is 0 Å². The van der Waals surface area contributed by atoms with Crippen LogP contribution in [0.3, 0.4) is 0 Å². The maximum absolute atomic E-state index is 5.92. The van der Waals surface area contributed by atoms with Gasteiger partial charge in [0.25, 0.3) is 0 Å². The number of aliphatic imine (C=N–C) groups is 1. The fraction of sp³-hybridized carbons (Fsp3) is 0.682. The molecule has 1 aliphatic carbocycles. The molecule has 0 aromatic heterocycles. The summed E-state index contributed by atoms with van der Waals surface area (Å²) in [4.78, 5) is 6.94. The number of hydrogen-bond acceptors (Lipinski definition) is 4. The summed E-state index contributed by atoms with van der Waals surface area (Å²) in [6.45, 7) is 10.9. The van der Waals surface area contributed by atoms with E-state index in [-0.39, 0.29) is 29.4 Å². The summed E-state index contributed by atoms with van der Waals surface area (Å²) < 4.78 is 11.4. The maximum atomic E-state index is 5.92. The zero-order chi connectivity index (χ0) is 19.6. The number of benzene rings is 1. The number of morpholine rings is 1. The monoisotopic (exact) mass is 514 g/mol. The number of nitrogens with zero attached hydrogens (tertiary/aromatic N) is 2. The molecule has 0 amide bonds. The highest BCUT2D eigenvalue weighted by molar-refractivity contribution is 14.0. The molecule has 4 rings (SSSR count). The molecule has 7 heteroatoms. The maximum Gasteiger partial charge on any atom is 0.191 e. The second-order valence-electron chi connectivity index (χ2n) is 8.77. The van der Waals surface area contributed by atoms with E-state index in [1.807, 2.05) is 7.05 Å². The van der Waals surface area contributed by atoms with E-state index in [1.165, 1.54) is 11.1 Å². The van der Waals surface area contributed by atoms with Gasteiger partial charge in [-0.15, -0.1) is 24.0 Å². The quantitative estimate of drug-likeness (QED) is 0.360. The Bertz CT molecular complexity index is 706. The molecule has 3 atom stereocenters. The van der Waals surface area contributed by atoms with Crippen molar-refractivity contribution in [3.63, 3.8) is 0 Å². The van der Waals surface area contributed by atoms with E-state index in [1.54, 1.807) is 0 Å². The van der Waals surface area contributed by atoms with Gasteiger partial charge in [0.1, 0.15) is 0 Å². The van der Waals surface area contributed by atoms with Crippen LogP contribution in [0, 0.1) is 11.3 Å². The van der Waals surface area contributed by atoms with Gasteiger partial charge in [0.05, 0.1) is 19.3 Å². The SMILES string of the molecule is CN=C(NCc1ccccc1CN1CCOCC1)NC1C2CCOC2C1(C)C.I. The normalized spacial score (nSPS) is 28.8. The van der Waals surface area contributed by atoms with E-state index in [4.69, 9.17) is 9.47 Å². The Morgan fingerprint density at radius 2 is 1.90 bits per heavy atom. The lowest BCUT2D eigenvalue weighted by Gasteiger charge is -2.54. The Balaban J connectivity index is 0.00000240. The molecule has 2 saturated heterocycles. The Kier molecular flexibility index (Phi) is 7.81. The number of guanidine groups is 1. The number of rotatable bonds is 5. The minimum atomic E-state index is 0. The average molecular weight is 514 g/mol. The van der Waals surface area contributed by atoms with E-state index < -0.39 is 0 Å². The highest BCUT2D eigenvalue weighted by Crippen LogP contribution is 2.52. The summed E-state index contributed by atoms with van der Waals surface area (Å²) in [5.74, 6) is 1.48. The van der Waals surface area contributed by atoms with Crippen molar-refractivity contribution < 1.29 is 9.47 Å². The lowest BCUT2D eigenvalue weighted by atomic mass is 9.57. The minimum Gasteiger partial charge on any atom is -0.379 e. The third kappa shape index (κ3) is 4.89. The lowest BCUT2D eigenvalue weighted by Crippen LogP contribution is -2.67. The number of fused-ring (bicyclic) bond motifs is 1. The summed E-state index contributed by atoms with van der Waals surface area (Å²) in [5.41, 5.74) is 2.85. The van der Waals surface area contributed by atoms with Crippen molar-refractivity contribution >= 4 is 29.9 Å². The fourth-order valence-electron chi connectivity index (χ4n) is 5.02. The smallest absolute Gasteiger partial charge is 0.191 e.